The van der Waals surface area contributed by atoms with Gasteiger partial charge < -0.3 is 10.1 Å². The Bertz CT molecular complexity index is 645. The number of amides is 1. The predicted molar refractivity (Wildman–Crippen MR) is 99.6 cm³/mol. The molecule has 6 heteroatoms. The Morgan fingerprint density at radius 2 is 2.08 bits per heavy atom. The van der Waals surface area contributed by atoms with Crippen LogP contribution in [0.15, 0.2) is 29.6 Å². The maximum absolute atomic E-state index is 11.9. The molecule has 0 saturated carbocycles. The summed E-state index contributed by atoms with van der Waals surface area (Å²) in [6.07, 6.45) is 3.35. The van der Waals surface area contributed by atoms with Crippen molar-refractivity contribution >= 4 is 28.8 Å². The highest BCUT2D eigenvalue weighted by Crippen LogP contribution is 2.30. The van der Waals surface area contributed by atoms with Gasteiger partial charge in [0.15, 0.2) is 0 Å². The summed E-state index contributed by atoms with van der Waals surface area (Å²) in [4.78, 5) is 16.5. The van der Waals surface area contributed by atoms with E-state index in [0.717, 1.165) is 42.1 Å². The second kappa shape index (κ2) is 10.4. The summed E-state index contributed by atoms with van der Waals surface area (Å²) in [6, 6.07) is 7.59. The molecule has 0 unspecified atom stereocenters. The zero-order chi connectivity index (χ0) is 17.2. The quantitative estimate of drug-likeness (QED) is 0.637. The lowest BCUT2D eigenvalue weighted by Crippen LogP contribution is -2.27. The maximum Gasteiger partial charge on any atom is 0.226 e. The normalized spacial score (nSPS) is 10.8. The van der Waals surface area contributed by atoms with E-state index in [1.54, 1.807) is 0 Å². The van der Waals surface area contributed by atoms with E-state index in [1.807, 2.05) is 29.6 Å². The van der Waals surface area contributed by atoms with E-state index >= 15 is 0 Å². The van der Waals surface area contributed by atoms with Crippen LogP contribution >= 0.6 is 22.9 Å². The molecule has 4 nitrogen and oxygen atoms in total. The van der Waals surface area contributed by atoms with Crippen molar-refractivity contribution in [1.82, 2.24) is 10.3 Å². The number of benzene rings is 1. The second-order valence-electron chi connectivity index (χ2n) is 5.47. The van der Waals surface area contributed by atoms with Gasteiger partial charge in [-0.1, -0.05) is 43.1 Å². The highest BCUT2D eigenvalue weighted by Gasteiger charge is 2.10. The molecule has 0 atom stereocenters. The van der Waals surface area contributed by atoms with Crippen molar-refractivity contribution in [2.45, 2.75) is 32.6 Å². The number of nitrogens with one attached hydrogen (secondary N) is 1. The lowest BCUT2D eigenvalue weighted by molar-refractivity contribution is -0.120. The Morgan fingerprint density at radius 1 is 1.29 bits per heavy atom. The predicted octanol–water partition coefficient (Wildman–Crippen LogP) is 4.33. The molecule has 0 aliphatic carbocycles. The van der Waals surface area contributed by atoms with Crippen LogP contribution in [0.2, 0.25) is 5.02 Å². The number of carbonyl (C=O) groups is 1. The SMILES string of the molecule is CCCCOCCCNC(=O)Cc1csc(-c2ccccc2Cl)n1. The fraction of sp³-hybridized carbons (Fsp3) is 0.444. The van der Waals surface area contributed by atoms with Crippen LogP contribution in [0.3, 0.4) is 0 Å². The van der Waals surface area contributed by atoms with Crippen LogP contribution in [0.25, 0.3) is 10.6 Å². The van der Waals surface area contributed by atoms with Crippen molar-refractivity contribution in [3.63, 3.8) is 0 Å². The van der Waals surface area contributed by atoms with Crippen LogP contribution in [0.5, 0.6) is 0 Å². The lowest BCUT2D eigenvalue weighted by Gasteiger charge is -2.05. The fourth-order valence-electron chi connectivity index (χ4n) is 2.12. The monoisotopic (exact) mass is 366 g/mol. The highest BCUT2D eigenvalue weighted by atomic mass is 35.5. The van der Waals surface area contributed by atoms with Crippen molar-refractivity contribution in [2.24, 2.45) is 0 Å². The third-order valence-electron chi connectivity index (χ3n) is 3.43. The smallest absolute Gasteiger partial charge is 0.226 e. The molecule has 0 saturated heterocycles. The van der Waals surface area contributed by atoms with Crippen molar-refractivity contribution in [1.29, 1.82) is 0 Å². The molecule has 2 aromatic rings. The summed E-state index contributed by atoms with van der Waals surface area (Å²) in [7, 11) is 0. The van der Waals surface area contributed by atoms with E-state index in [-0.39, 0.29) is 12.3 Å². The van der Waals surface area contributed by atoms with Gasteiger partial charge in [-0.3, -0.25) is 4.79 Å². The minimum Gasteiger partial charge on any atom is -0.381 e. The maximum atomic E-state index is 11.9. The summed E-state index contributed by atoms with van der Waals surface area (Å²) < 4.78 is 5.46. The Labute approximate surface area is 152 Å². The Balaban J connectivity index is 1.72. The summed E-state index contributed by atoms with van der Waals surface area (Å²) in [5, 5.41) is 6.32. The minimum absolute atomic E-state index is 0.0143. The molecule has 0 aliphatic heterocycles. The number of hydrogen-bond donors (Lipinski definition) is 1. The first-order valence-corrected chi connectivity index (χ1v) is 9.50. The molecule has 0 radical (unpaired) electrons. The molecule has 1 amide bonds. The average molecular weight is 367 g/mol. The molecule has 24 heavy (non-hydrogen) atoms. The first-order chi connectivity index (χ1) is 11.7. The van der Waals surface area contributed by atoms with E-state index < -0.39 is 0 Å². The summed E-state index contributed by atoms with van der Waals surface area (Å²) in [5.41, 5.74) is 1.67. The average Bonchev–Trinajstić information content (AvgIpc) is 3.02. The standard InChI is InChI=1S/C18H23ClN2O2S/c1-2-3-10-23-11-6-9-20-17(22)12-14-13-24-18(21-14)15-7-4-5-8-16(15)19/h4-5,7-8,13H,2-3,6,9-12H2,1H3,(H,20,22). The molecule has 1 aromatic carbocycles. The van der Waals surface area contributed by atoms with E-state index in [1.165, 1.54) is 11.3 Å². The van der Waals surface area contributed by atoms with Gasteiger partial charge in [-0.2, -0.15) is 0 Å². The molecule has 0 aliphatic rings. The molecule has 130 valence electrons. The largest absolute Gasteiger partial charge is 0.381 e. The van der Waals surface area contributed by atoms with Crippen LogP contribution < -0.4 is 5.32 Å². The Kier molecular flexibility index (Phi) is 8.22. The summed E-state index contributed by atoms with van der Waals surface area (Å²) >= 11 is 7.68. The first kappa shape index (κ1) is 18.9. The van der Waals surface area contributed by atoms with Gasteiger partial charge in [-0.05, 0) is 18.9 Å². The van der Waals surface area contributed by atoms with Crippen LogP contribution in [0.1, 0.15) is 31.9 Å². The first-order valence-electron chi connectivity index (χ1n) is 8.24. The van der Waals surface area contributed by atoms with Gasteiger partial charge in [-0.15, -0.1) is 11.3 Å². The highest BCUT2D eigenvalue weighted by molar-refractivity contribution is 7.13. The van der Waals surface area contributed by atoms with Crippen molar-refractivity contribution < 1.29 is 9.53 Å². The molecule has 1 aromatic heterocycles. The van der Waals surface area contributed by atoms with Crippen molar-refractivity contribution in [3.8, 4) is 10.6 Å². The van der Waals surface area contributed by atoms with Crippen LogP contribution in [-0.2, 0) is 16.0 Å². The third kappa shape index (κ3) is 6.23. The van der Waals surface area contributed by atoms with Gasteiger partial charge in [0.2, 0.25) is 5.91 Å². The summed E-state index contributed by atoms with van der Waals surface area (Å²) in [6.45, 7) is 4.26. The molecular formula is C18H23ClN2O2S. The van der Waals surface area contributed by atoms with E-state index in [9.17, 15) is 4.79 Å². The summed E-state index contributed by atoms with van der Waals surface area (Å²) in [5.74, 6) is -0.0143. The van der Waals surface area contributed by atoms with Crippen molar-refractivity contribution in [3.05, 3.63) is 40.4 Å². The molecule has 0 fully saturated rings. The number of carbonyl (C=O) groups excluding carboxylic acids is 1. The van der Waals surface area contributed by atoms with Gasteiger partial charge >= 0.3 is 0 Å². The molecule has 1 heterocycles. The van der Waals surface area contributed by atoms with Gasteiger partial charge in [0.25, 0.3) is 0 Å². The van der Waals surface area contributed by atoms with Crippen LogP contribution in [0, 0.1) is 0 Å². The number of thiazole rings is 1. The van der Waals surface area contributed by atoms with E-state index in [0.29, 0.717) is 18.2 Å². The minimum atomic E-state index is -0.0143. The number of aromatic nitrogens is 1. The fourth-order valence-corrected chi connectivity index (χ4v) is 3.26. The lowest BCUT2D eigenvalue weighted by atomic mass is 10.2. The zero-order valence-electron chi connectivity index (χ0n) is 13.9. The third-order valence-corrected chi connectivity index (χ3v) is 4.68. The Hall–Kier alpha value is -1.43. The second-order valence-corrected chi connectivity index (χ2v) is 6.74. The van der Waals surface area contributed by atoms with Crippen LogP contribution in [0.4, 0.5) is 0 Å². The number of halogens is 1. The van der Waals surface area contributed by atoms with E-state index in [2.05, 4.69) is 17.2 Å². The van der Waals surface area contributed by atoms with E-state index in [4.69, 9.17) is 16.3 Å². The van der Waals surface area contributed by atoms with Gasteiger partial charge in [0.1, 0.15) is 5.01 Å². The molecule has 2 rings (SSSR count). The molecule has 0 spiro atoms. The number of unbranched alkanes of at least 4 members (excludes halogenated alkanes) is 1. The van der Waals surface area contributed by atoms with Crippen molar-refractivity contribution in [2.75, 3.05) is 19.8 Å². The van der Waals surface area contributed by atoms with Crippen LogP contribution in [-0.4, -0.2) is 30.6 Å². The number of nitrogens with zero attached hydrogens (tertiary/aromatic N) is 1. The molecule has 0 bridgehead atoms. The Morgan fingerprint density at radius 3 is 2.88 bits per heavy atom. The number of hydrogen-bond acceptors (Lipinski definition) is 4. The topological polar surface area (TPSA) is 51.2 Å². The zero-order valence-corrected chi connectivity index (χ0v) is 15.5. The number of ether oxygens (including phenoxy) is 1. The molecule has 1 N–H and O–H groups in total. The molecular weight excluding hydrogens is 344 g/mol. The van der Waals surface area contributed by atoms with Gasteiger partial charge in [0, 0.05) is 30.7 Å². The van der Waals surface area contributed by atoms with Gasteiger partial charge in [0.05, 0.1) is 17.1 Å². The number of rotatable bonds is 10. The van der Waals surface area contributed by atoms with Gasteiger partial charge in [-0.25, -0.2) is 4.98 Å².